The monoisotopic (exact) mass is 283 g/mol. The summed E-state index contributed by atoms with van der Waals surface area (Å²) in [5, 5.41) is 3.20. The first-order valence-corrected chi connectivity index (χ1v) is 8.13. The largest absolute Gasteiger partial charge is 0.378 e. The Bertz CT molecular complexity index is 505. The molecule has 1 aromatic rings. The van der Waals surface area contributed by atoms with E-state index in [0.29, 0.717) is 5.69 Å². The maximum atomic E-state index is 12.0. The topological polar surface area (TPSA) is 61.4 Å². The Morgan fingerprint density at radius 2 is 2.00 bits per heavy atom. The van der Waals surface area contributed by atoms with Gasteiger partial charge in [-0.15, -0.1) is 0 Å². The normalized spacial score (nSPS) is 19.4. The lowest BCUT2D eigenvalue weighted by Crippen LogP contribution is -2.32. The van der Waals surface area contributed by atoms with E-state index in [1.165, 1.54) is 0 Å². The Morgan fingerprint density at radius 1 is 1.32 bits per heavy atom. The highest BCUT2D eigenvalue weighted by Gasteiger charge is 2.21. The first-order valence-electron chi connectivity index (χ1n) is 6.47. The van der Waals surface area contributed by atoms with Gasteiger partial charge in [-0.3, -0.25) is 4.72 Å². The molecule has 1 saturated heterocycles. The molecule has 1 heterocycles. The van der Waals surface area contributed by atoms with Crippen LogP contribution >= 0.6 is 0 Å². The molecule has 19 heavy (non-hydrogen) atoms. The van der Waals surface area contributed by atoms with Crippen LogP contribution in [0.15, 0.2) is 24.3 Å². The molecule has 1 atom stereocenters. The fourth-order valence-corrected chi connectivity index (χ4v) is 3.61. The standard InChI is InChI=1S/C13H21N3O2S/c1-16(2)13-7-5-11(6-8-13)15-19(17,18)10-12-4-3-9-14-12/h5-8,12,14-15H,3-4,9-10H2,1-2H3. The molecule has 106 valence electrons. The van der Waals surface area contributed by atoms with Gasteiger partial charge in [0.15, 0.2) is 0 Å². The third-order valence-electron chi connectivity index (χ3n) is 3.24. The van der Waals surface area contributed by atoms with Gasteiger partial charge in [-0.1, -0.05) is 0 Å². The van der Waals surface area contributed by atoms with Gasteiger partial charge in [0.25, 0.3) is 0 Å². The van der Waals surface area contributed by atoms with Crippen LogP contribution < -0.4 is 14.9 Å². The third-order valence-corrected chi connectivity index (χ3v) is 4.63. The smallest absolute Gasteiger partial charge is 0.234 e. The summed E-state index contributed by atoms with van der Waals surface area (Å²) in [6, 6.07) is 7.44. The van der Waals surface area contributed by atoms with E-state index in [1.54, 1.807) is 12.1 Å². The number of rotatable bonds is 5. The molecule has 0 spiro atoms. The van der Waals surface area contributed by atoms with Crippen molar-refractivity contribution in [3.05, 3.63) is 24.3 Å². The third kappa shape index (κ3) is 4.11. The molecule has 0 amide bonds. The van der Waals surface area contributed by atoms with Crippen molar-refractivity contribution in [1.29, 1.82) is 0 Å². The number of nitrogens with one attached hydrogen (secondary N) is 2. The molecule has 6 heteroatoms. The molecule has 0 aliphatic carbocycles. The summed E-state index contributed by atoms with van der Waals surface area (Å²) in [5.74, 6) is 0.141. The molecule has 1 unspecified atom stereocenters. The molecule has 2 rings (SSSR count). The van der Waals surface area contributed by atoms with Crippen LogP contribution in [0.3, 0.4) is 0 Å². The molecular weight excluding hydrogens is 262 g/mol. The maximum Gasteiger partial charge on any atom is 0.234 e. The van der Waals surface area contributed by atoms with Crippen LogP contribution in [0.2, 0.25) is 0 Å². The predicted octanol–water partition coefficient (Wildman–Crippen LogP) is 1.25. The number of anilines is 2. The summed E-state index contributed by atoms with van der Waals surface area (Å²) in [5.41, 5.74) is 1.66. The van der Waals surface area contributed by atoms with E-state index in [-0.39, 0.29) is 11.8 Å². The molecule has 1 aliphatic rings. The van der Waals surface area contributed by atoms with Crippen molar-refractivity contribution < 1.29 is 8.42 Å². The minimum atomic E-state index is -3.28. The zero-order chi connectivity index (χ0) is 13.9. The summed E-state index contributed by atoms with van der Waals surface area (Å²) in [6.45, 7) is 0.914. The first-order chi connectivity index (χ1) is 8.96. The second-order valence-corrected chi connectivity index (χ2v) is 6.89. The number of nitrogens with zero attached hydrogens (tertiary/aromatic N) is 1. The Kier molecular flexibility index (Phi) is 4.31. The van der Waals surface area contributed by atoms with Gasteiger partial charge in [-0.05, 0) is 43.7 Å². The van der Waals surface area contributed by atoms with E-state index in [2.05, 4.69) is 10.0 Å². The van der Waals surface area contributed by atoms with Crippen LogP contribution in [0.5, 0.6) is 0 Å². The van der Waals surface area contributed by atoms with Gasteiger partial charge in [0.05, 0.1) is 5.75 Å². The zero-order valence-electron chi connectivity index (χ0n) is 11.4. The molecule has 0 saturated carbocycles. The fourth-order valence-electron chi connectivity index (χ4n) is 2.21. The number of benzene rings is 1. The number of hydrogen-bond donors (Lipinski definition) is 2. The molecule has 1 fully saturated rings. The Hall–Kier alpha value is -1.27. The van der Waals surface area contributed by atoms with Gasteiger partial charge in [0, 0.05) is 31.5 Å². The molecule has 2 N–H and O–H groups in total. The van der Waals surface area contributed by atoms with E-state index >= 15 is 0 Å². The van der Waals surface area contributed by atoms with E-state index in [0.717, 1.165) is 25.1 Å². The van der Waals surface area contributed by atoms with Crippen molar-refractivity contribution in [3.8, 4) is 0 Å². The average molecular weight is 283 g/mol. The summed E-state index contributed by atoms with van der Waals surface area (Å²) in [6.07, 6.45) is 1.98. The molecule has 5 nitrogen and oxygen atoms in total. The van der Waals surface area contributed by atoms with Crippen molar-refractivity contribution in [2.75, 3.05) is 36.0 Å². The SMILES string of the molecule is CN(C)c1ccc(NS(=O)(=O)CC2CCCN2)cc1. The number of hydrogen-bond acceptors (Lipinski definition) is 4. The van der Waals surface area contributed by atoms with Gasteiger partial charge in [-0.2, -0.15) is 0 Å². The second kappa shape index (κ2) is 5.79. The fraction of sp³-hybridized carbons (Fsp3) is 0.538. The summed E-state index contributed by atoms with van der Waals surface area (Å²) >= 11 is 0. The maximum absolute atomic E-state index is 12.0. The molecule has 1 aromatic carbocycles. The summed E-state index contributed by atoms with van der Waals surface area (Å²) in [4.78, 5) is 1.97. The zero-order valence-corrected chi connectivity index (χ0v) is 12.2. The summed E-state index contributed by atoms with van der Waals surface area (Å²) in [7, 11) is 0.621. The van der Waals surface area contributed by atoms with Crippen LogP contribution in [0.25, 0.3) is 0 Å². The van der Waals surface area contributed by atoms with Crippen LogP contribution in [0, 0.1) is 0 Å². The van der Waals surface area contributed by atoms with E-state index < -0.39 is 10.0 Å². The van der Waals surface area contributed by atoms with Gasteiger partial charge >= 0.3 is 0 Å². The van der Waals surface area contributed by atoms with Gasteiger partial charge in [-0.25, -0.2) is 8.42 Å². The van der Waals surface area contributed by atoms with Crippen molar-refractivity contribution in [2.24, 2.45) is 0 Å². The lowest BCUT2D eigenvalue weighted by molar-refractivity contribution is 0.582. The molecule has 0 radical (unpaired) electrons. The quantitative estimate of drug-likeness (QED) is 0.853. The molecule has 0 bridgehead atoms. The van der Waals surface area contributed by atoms with Crippen molar-refractivity contribution >= 4 is 21.4 Å². The van der Waals surface area contributed by atoms with Gasteiger partial charge < -0.3 is 10.2 Å². The molecular formula is C13H21N3O2S. The molecule has 1 aliphatic heterocycles. The first kappa shape index (κ1) is 14.1. The molecule has 0 aromatic heterocycles. The van der Waals surface area contributed by atoms with Crippen LogP contribution in [-0.4, -0.2) is 40.9 Å². The van der Waals surface area contributed by atoms with E-state index in [1.807, 2.05) is 31.1 Å². The lowest BCUT2D eigenvalue weighted by atomic mass is 10.3. The number of sulfonamides is 1. The van der Waals surface area contributed by atoms with Gasteiger partial charge in [0.1, 0.15) is 0 Å². The Morgan fingerprint density at radius 3 is 2.53 bits per heavy atom. The van der Waals surface area contributed by atoms with E-state index in [4.69, 9.17) is 0 Å². The van der Waals surface area contributed by atoms with E-state index in [9.17, 15) is 8.42 Å². The van der Waals surface area contributed by atoms with Crippen LogP contribution in [-0.2, 0) is 10.0 Å². The van der Waals surface area contributed by atoms with Crippen LogP contribution in [0.4, 0.5) is 11.4 Å². The van der Waals surface area contributed by atoms with Crippen molar-refractivity contribution in [3.63, 3.8) is 0 Å². The summed E-state index contributed by atoms with van der Waals surface area (Å²) < 4.78 is 26.7. The highest BCUT2D eigenvalue weighted by Crippen LogP contribution is 2.17. The highest BCUT2D eigenvalue weighted by molar-refractivity contribution is 7.92. The Labute approximate surface area is 115 Å². The minimum absolute atomic E-state index is 0.0820. The second-order valence-electron chi connectivity index (χ2n) is 5.12. The van der Waals surface area contributed by atoms with Crippen LogP contribution in [0.1, 0.15) is 12.8 Å². The Balaban J connectivity index is 1.98. The van der Waals surface area contributed by atoms with Crippen molar-refractivity contribution in [2.45, 2.75) is 18.9 Å². The van der Waals surface area contributed by atoms with Gasteiger partial charge in [0.2, 0.25) is 10.0 Å². The van der Waals surface area contributed by atoms with Crippen molar-refractivity contribution in [1.82, 2.24) is 5.32 Å². The average Bonchev–Trinajstić information content (AvgIpc) is 2.81. The highest BCUT2D eigenvalue weighted by atomic mass is 32.2. The minimum Gasteiger partial charge on any atom is -0.378 e. The predicted molar refractivity (Wildman–Crippen MR) is 79.2 cm³/mol. The lowest BCUT2D eigenvalue weighted by Gasteiger charge is -2.15.